The van der Waals surface area contributed by atoms with Crippen molar-refractivity contribution in [3.63, 3.8) is 0 Å². The van der Waals surface area contributed by atoms with Gasteiger partial charge in [-0.05, 0) is 77.8 Å². The van der Waals surface area contributed by atoms with E-state index in [9.17, 15) is 9.90 Å². The van der Waals surface area contributed by atoms with Gasteiger partial charge in [-0.1, -0.05) is 12.5 Å². The molecule has 2 fully saturated rings. The molecule has 1 aliphatic carbocycles. The van der Waals surface area contributed by atoms with Crippen molar-refractivity contribution in [2.24, 2.45) is 5.92 Å². The molecule has 1 saturated heterocycles. The van der Waals surface area contributed by atoms with Gasteiger partial charge in [-0.25, -0.2) is 9.37 Å². The maximum atomic E-state index is 15.3. The number of ether oxygens (including phenoxy) is 1. The number of aromatic nitrogens is 2. The van der Waals surface area contributed by atoms with Crippen LogP contribution in [0.25, 0.3) is 0 Å². The number of carboxylic acids is 1. The van der Waals surface area contributed by atoms with E-state index in [1.54, 1.807) is 6.20 Å². The molecule has 3 aliphatic rings. The van der Waals surface area contributed by atoms with Crippen LogP contribution in [0.15, 0.2) is 24.4 Å². The van der Waals surface area contributed by atoms with E-state index in [0.29, 0.717) is 31.8 Å². The van der Waals surface area contributed by atoms with Crippen LogP contribution in [0.1, 0.15) is 93.3 Å². The summed E-state index contributed by atoms with van der Waals surface area (Å²) in [4.78, 5) is 23.6. The highest BCUT2D eigenvalue weighted by Gasteiger charge is 2.39. The number of hydrogen-bond donors (Lipinski definition) is 2. The predicted octanol–water partition coefficient (Wildman–Crippen LogP) is 5.70. The fourth-order valence-corrected chi connectivity index (χ4v) is 6.02. The number of alkyl halides is 1. The van der Waals surface area contributed by atoms with Gasteiger partial charge in [0, 0.05) is 59.7 Å². The SMILES string of the molecule is CC(C)Oc1cc(CCCCC(F)[C@@H]2CCN(C(C(=O)O)c3cccnc3C3CC3)C2)nc2c1CCCN2. The summed E-state index contributed by atoms with van der Waals surface area (Å²) in [7, 11) is 0. The first kappa shape index (κ1) is 26.9. The van der Waals surface area contributed by atoms with Crippen molar-refractivity contribution in [2.45, 2.75) is 95.9 Å². The Morgan fingerprint density at radius 3 is 2.89 bits per heavy atom. The zero-order chi connectivity index (χ0) is 26.6. The maximum Gasteiger partial charge on any atom is 0.325 e. The lowest BCUT2D eigenvalue weighted by Gasteiger charge is -2.26. The number of carboxylic acid groups (broad SMARTS) is 1. The van der Waals surface area contributed by atoms with Crippen molar-refractivity contribution in [3.8, 4) is 5.75 Å². The number of likely N-dealkylation sites (tertiary alicyclic amines) is 1. The standard InChI is InChI=1S/C30H41FN4O3/c1-19(2)38-26-17-22(34-29-23(26)8-5-15-33-29)7-3-4-10-25(31)21-13-16-35(18-21)28(30(36)37)24-9-6-14-32-27(24)20-11-12-20/h6,9,14,17,19-21,25,28H,3-5,7-8,10-13,15-16,18H2,1-2H3,(H,33,34)(H,36,37)/t21-,25?,28?/m1/s1. The van der Waals surface area contributed by atoms with Crippen LogP contribution in [-0.4, -0.2) is 57.9 Å². The number of carbonyl (C=O) groups is 1. The van der Waals surface area contributed by atoms with Gasteiger partial charge in [0.05, 0.1) is 6.10 Å². The maximum absolute atomic E-state index is 15.3. The number of rotatable bonds is 12. The second kappa shape index (κ2) is 12.0. The molecule has 2 unspecified atom stereocenters. The normalized spacial score (nSPS) is 21.1. The lowest BCUT2D eigenvalue weighted by Crippen LogP contribution is -2.34. The second-order valence-electron chi connectivity index (χ2n) is 11.4. The van der Waals surface area contributed by atoms with Gasteiger partial charge in [0.2, 0.25) is 0 Å². The van der Waals surface area contributed by atoms with E-state index in [1.165, 1.54) is 5.56 Å². The number of aryl methyl sites for hydroxylation is 1. The molecule has 38 heavy (non-hydrogen) atoms. The Hall–Kier alpha value is -2.74. The fraction of sp³-hybridized carbons (Fsp3) is 0.633. The Bertz CT molecular complexity index is 1120. The van der Waals surface area contributed by atoms with Gasteiger partial charge in [0.25, 0.3) is 0 Å². The third kappa shape index (κ3) is 6.28. The van der Waals surface area contributed by atoms with E-state index >= 15 is 4.39 Å². The number of fused-ring (bicyclic) bond motifs is 1. The van der Waals surface area contributed by atoms with Crippen molar-refractivity contribution < 1.29 is 19.0 Å². The number of pyridine rings is 2. The minimum Gasteiger partial charge on any atom is -0.491 e. The number of aliphatic carboxylic acids is 1. The van der Waals surface area contributed by atoms with Crippen molar-refractivity contribution in [1.82, 2.24) is 14.9 Å². The molecule has 0 spiro atoms. The molecule has 0 bridgehead atoms. The van der Waals surface area contributed by atoms with Gasteiger partial charge in [-0.3, -0.25) is 14.7 Å². The molecular formula is C30H41FN4O3. The average molecular weight is 525 g/mol. The third-order valence-corrected chi connectivity index (χ3v) is 8.05. The van der Waals surface area contributed by atoms with E-state index in [0.717, 1.165) is 80.0 Å². The largest absolute Gasteiger partial charge is 0.491 e. The van der Waals surface area contributed by atoms with Crippen LogP contribution >= 0.6 is 0 Å². The van der Waals surface area contributed by atoms with Gasteiger partial charge < -0.3 is 15.2 Å². The minimum atomic E-state index is -0.927. The topological polar surface area (TPSA) is 87.6 Å². The number of nitrogens with zero attached hydrogens (tertiary/aromatic N) is 3. The first-order valence-electron chi connectivity index (χ1n) is 14.4. The molecule has 8 heteroatoms. The molecule has 7 nitrogen and oxygen atoms in total. The number of nitrogens with one attached hydrogen (secondary N) is 1. The summed E-state index contributed by atoms with van der Waals surface area (Å²) in [6.45, 7) is 6.08. The highest BCUT2D eigenvalue weighted by atomic mass is 19.1. The molecule has 2 aromatic heterocycles. The summed E-state index contributed by atoms with van der Waals surface area (Å²) >= 11 is 0. The smallest absolute Gasteiger partial charge is 0.325 e. The first-order valence-corrected chi connectivity index (χ1v) is 14.4. The molecule has 0 amide bonds. The molecule has 2 N–H and O–H groups in total. The highest BCUT2D eigenvalue weighted by Crippen LogP contribution is 2.43. The molecule has 0 aromatic carbocycles. The van der Waals surface area contributed by atoms with E-state index in [4.69, 9.17) is 9.72 Å². The monoisotopic (exact) mass is 524 g/mol. The summed E-state index contributed by atoms with van der Waals surface area (Å²) in [5.74, 6) is 1.23. The average Bonchev–Trinajstić information content (AvgIpc) is 3.63. The minimum absolute atomic E-state index is 0.105. The van der Waals surface area contributed by atoms with Crippen LogP contribution in [0.2, 0.25) is 0 Å². The fourth-order valence-electron chi connectivity index (χ4n) is 6.02. The number of anilines is 1. The van der Waals surface area contributed by atoms with E-state index in [1.807, 2.05) is 30.9 Å². The van der Waals surface area contributed by atoms with Crippen LogP contribution in [0.5, 0.6) is 5.75 Å². The Labute approximate surface area is 225 Å². The molecule has 2 aliphatic heterocycles. The van der Waals surface area contributed by atoms with E-state index in [2.05, 4.69) is 16.4 Å². The molecule has 2 aromatic rings. The van der Waals surface area contributed by atoms with Gasteiger partial charge in [-0.15, -0.1) is 0 Å². The van der Waals surface area contributed by atoms with E-state index in [-0.39, 0.29) is 12.0 Å². The molecule has 1 saturated carbocycles. The van der Waals surface area contributed by atoms with Crippen molar-refractivity contribution >= 4 is 11.8 Å². The molecule has 4 heterocycles. The lowest BCUT2D eigenvalue weighted by atomic mass is 9.97. The Morgan fingerprint density at radius 2 is 2.13 bits per heavy atom. The summed E-state index contributed by atoms with van der Waals surface area (Å²) in [5, 5.41) is 13.5. The quantitative estimate of drug-likeness (QED) is 0.345. The number of halogens is 1. The van der Waals surface area contributed by atoms with Crippen molar-refractivity contribution in [2.75, 3.05) is 25.0 Å². The van der Waals surface area contributed by atoms with Gasteiger partial charge in [0.1, 0.15) is 23.8 Å². The van der Waals surface area contributed by atoms with Crippen molar-refractivity contribution in [3.05, 3.63) is 46.9 Å². The van der Waals surface area contributed by atoms with Gasteiger partial charge in [0.15, 0.2) is 0 Å². The number of unbranched alkanes of at least 4 members (excludes halogenated alkanes) is 1. The van der Waals surface area contributed by atoms with E-state index < -0.39 is 18.2 Å². The molecule has 0 radical (unpaired) electrons. The summed E-state index contributed by atoms with van der Waals surface area (Å²) in [6.07, 6.45) is 8.73. The van der Waals surface area contributed by atoms with Crippen molar-refractivity contribution in [1.29, 1.82) is 0 Å². The Kier molecular flexibility index (Phi) is 8.46. The zero-order valence-electron chi connectivity index (χ0n) is 22.7. The lowest BCUT2D eigenvalue weighted by molar-refractivity contribution is -0.143. The van der Waals surface area contributed by atoms with Gasteiger partial charge >= 0.3 is 5.97 Å². The van der Waals surface area contributed by atoms with Crippen LogP contribution in [-0.2, 0) is 17.6 Å². The molecule has 3 atom stereocenters. The summed E-state index contributed by atoms with van der Waals surface area (Å²) in [6, 6.07) is 5.02. The second-order valence-corrected chi connectivity index (χ2v) is 11.4. The first-order chi connectivity index (χ1) is 18.4. The van der Waals surface area contributed by atoms with Crippen LogP contribution in [0, 0.1) is 5.92 Å². The predicted molar refractivity (Wildman–Crippen MR) is 146 cm³/mol. The molecular weight excluding hydrogens is 483 g/mol. The highest BCUT2D eigenvalue weighted by molar-refractivity contribution is 5.76. The summed E-state index contributed by atoms with van der Waals surface area (Å²) < 4.78 is 21.4. The van der Waals surface area contributed by atoms with Crippen LogP contribution in [0.4, 0.5) is 10.2 Å². The Balaban J connectivity index is 1.14. The summed E-state index contributed by atoms with van der Waals surface area (Å²) in [5.41, 5.74) is 3.85. The van der Waals surface area contributed by atoms with Crippen LogP contribution < -0.4 is 10.1 Å². The molecule has 5 rings (SSSR count). The molecule has 206 valence electrons. The number of hydrogen-bond acceptors (Lipinski definition) is 6. The van der Waals surface area contributed by atoms with Crippen LogP contribution in [0.3, 0.4) is 0 Å². The Morgan fingerprint density at radius 1 is 1.29 bits per heavy atom. The third-order valence-electron chi connectivity index (χ3n) is 8.05. The van der Waals surface area contributed by atoms with Gasteiger partial charge in [-0.2, -0.15) is 0 Å². The zero-order valence-corrected chi connectivity index (χ0v) is 22.7.